The highest BCUT2D eigenvalue weighted by Crippen LogP contribution is 2.21. The van der Waals surface area contributed by atoms with Gasteiger partial charge in [0.05, 0.1) is 12.2 Å². The lowest BCUT2D eigenvalue weighted by atomic mass is 10.1. The number of rotatable bonds is 10. The van der Waals surface area contributed by atoms with Crippen molar-refractivity contribution in [3.8, 4) is 5.75 Å². The van der Waals surface area contributed by atoms with E-state index in [1.165, 1.54) is 6.92 Å². The van der Waals surface area contributed by atoms with E-state index in [0.29, 0.717) is 31.1 Å². The predicted molar refractivity (Wildman–Crippen MR) is 95.7 cm³/mol. The first kappa shape index (κ1) is 20.6. The van der Waals surface area contributed by atoms with E-state index in [0.717, 1.165) is 12.0 Å². The lowest BCUT2D eigenvalue weighted by Crippen LogP contribution is -2.42. The molecule has 0 amide bonds. The molecule has 1 aromatic rings. The minimum atomic E-state index is -0.642. The molecule has 0 aliphatic heterocycles. The Morgan fingerprint density at radius 2 is 2.04 bits per heavy atom. The molecule has 0 saturated carbocycles. The van der Waals surface area contributed by atoms with Crippen LogP contribution in [0.15, 0.2) is 18.2 Å². The minimum Gasteiger partial charge on any atom is -0.490 e. The van der Waals surface area contributed by atoms with Crippen molar-refractivity contribution < 1.29 is 19.4 Å². The van der Waals surface area contributed by atoms with E-state index in [-0.39, 0.29) is 17.9 Å². The zero-order valence-electron chi connectivity index (χ0n) is 15.5. The number of Topliss-reactive ketones (excluding diaryl/α,β-unsaturated/α-hetero) is 1. The molecule has 24 heavy (non-hydrogen) atoms. The van der Waals surface area contributed by atoms with Crippen LogP contribution in [0.2, 0.25) is 0 Å². The second kappa shape index (κ2) is 9.77. The topological polar surface area (TPSA) is 67.8 Å². The van der Waals surface area contributed by atoms with Gasteiger partial charge in [0.15, 0.2) is 5.78 Å². The van der Waals surface area contributed by atoms with Gasteiger partial charge >= 0.3 is 0 Å². The van der Waals surface area contributed by atoms with Crippen LogP contribution in [-0.4, -0.2) is 42.3 Å². The fourth-order valence-corrected chi connectivity index (χ4v) is 2.07. The number of aliphatic hydroxyl groups is 1. The number of nitrogens with one attached hydrogen (secondary N) is 1. The van der Waals surface area contributed by atoms with Crippen LogP contribution < -0.4 is 10.1 Å². The summed E-state index contributed by atoms with van der Waals surface area (Å²) in [4.78, 5) is 11.9. The average molecular weight is 337 g/mol. The smallest absolute Gasteiger partial charge is 0.163 e. The summed E-state index contributed by atoms with van der Waals surface area (Å²) in [6, 6.07) is 5.45. The van der Waals surface area contributed by atoms with Crippen LogP contribution in [0.25, 0.3) is 0 Å². The normalized spacial score (nSPS) is 12.9. The van der Waals surface area contributed by atoms with Crippen molar-refractivity contribution in [3.63, 3.8) is 0 Å². The molecule has 2 N–H and O–H groups in total. The Kier molecular flexibility index (Phi) is 8.39. The van der Waals surface area contributed by atoms with Gasteiger partial charge in [-0.15, -0.1) is 0 Å². The van der Waals surface area contributed by atoms with E-state index in [4.69, 9.17) is 9.47 Å². The molecule has 136 valence electrons. The number of benzene rings is 1. The number of ketones is 1. The summed E-state index contributed by atoms with van der Waals surface area (Å²) in [5.41, 5.74) is 1.39. The maximum atomic E-state index is 11.9. The Hall–Kier alpha value is -1.43. The minimum absolute atomic E-state index is 0.0638. The van der Waals surface area contributed by atoms with Gasteiger partial charge in [0.1, 0.15) is 18.5 Å². The number of aliphatic hydroxyl groups excluding tert-OH is 1. The maximum Gasteiger partial charge on any atom is 0.163 e. The molecule has 0 radical (unpaired) electrons. The van der Waals surface area contributed by atoms with Crippen molar-refractivity contribution in [2.24, 2.45) is 0 Å². The maximum absolute atomic E-state index is 11.9. The number of hydrogen-bond donors (Lipinski definition) is 2. The van der Waals surface area contributed by atoms with Crippen LogP contribution in [0.4, 0.5) is 0 Å². The number of carbonyl (C=O) groups excluding carboxylic acids is 1. The third-order valence-corrected chi connectivity index (χ3v) is 3.34. The molecule has 0 aliphatic carbocycles. The van der Waals surface area contributed by atoms with Crippen LogP contribution in [0.5, 0.6) is 5.75 Å². The van der Waals surface area contributed by atoms with Crippen LogP contribution in [0.1, 0.15) is 57.0 Å². The first-order chi connectivity index (χ1) is 11.2. The summed E-state index contributed by atoms with van der Waals surface area (Å²) in [7, 11) is 0. The Morgan fingerprint density at radius 1 is 1.33 bits per heavy atom. The molecule has 0 saturated heterocycles. The van der Waals surface area contributed by atoms with E-state index >= 15 is 0 Å². The van der Waals surface area contributed by atoms with Gasteiger partial charge in [-0.2, -0.15) is 0 Å². The summed E-state index contributed by atoms with van der Waals surface area (Å²) in [5, 5.41) is 13.2. The van der Waals surface area contributed by atoms with Crippen molar-refractivity contribution >= 4 is 5.78 Å². The summed E-state index contributed by atoms with van der Waals surface area (Å²) >= 11 is 0. The summed E-state index contributed by atoms with van der Waals surface area (Å²) in [6.07, 6.45) is 0.318. The molecular weight excluding hydrogens is 306 g/mol. The molecule has 1 unspecified atom stereocenters. The molecule has 0 spiro atoms. The van der Waals surface area contributed by atoms with Gasteiger partial charge < -0.3 is 19.9 Å². The van der Waals surface area contributed by atoms with Crippen LogP contribution in [0, 0.1) is 0 Å². The number of carbonyl (C=O) groups is 1. The van der Waals surface area contributed by atoms with E-state index in [1.807, 2.05) is 26.8 Å². The van der Waals surface area contributed by atoms with Crippen molar-refractivity contribution in [2.45, 2.75) is 59.3 Å². The Labute approximate surface area is 145 Å². The zero-order chi connectivity index (χ0) is 18.2. The average Bonchev–Trinajstić information content (AvgIpc) is 2.51. The highest BCUT2D eigenvalue weighted by atomic mass is 16.5. The van der Waals surface area contributed by atoms with Crippen molar-refractivity contribution in [1.82, 2.24) is 5.32 Å². The Bertz CT molecular complexity index is 523. The summed E-state index contributed by atoms with van der Waals surface area (Å²) in [6.45, 7) is 11.4. The van der Waals surface area contributed by atoms with Crippen molar-refractivity contribution in [1.29, 1.82) is 0 Å². The fourth-order valence-electron chi connectivity index (χ4n) is 2.07. The second-order valence-corrected chi connectivity index (χ2v) is 7.04. The molecular formula is C19H31NO4. The quantitative estimate of drug-likeness (QED) is 0.507. The van der Waals surface area contributed by atoms with Gasteiger partial charge in [-0.05, 0) is 51.8 Å². The largest absolute Gasteiger partial charge is 0.490 e. The molecule has 0 bridgehead atoms. The second-order valence-electron chi connectivity index (χ2n) is 7.04. The third kappa shape index (κ3) is 7.90. The molecule has 0 aliphatic rings. The lowest BCUT2D eigenvalue weighted by molar-refractivity contribution is 0.0948. The van der Waals surface area contributed by atoms with Gasteiger partial charge in [0, 0.05) is 18.7 Å². The van der Waals surface area contributed by atoms with E-state index < -0.39 is 6.10 Å². The number of hydrogen-bond acceptors (Lipinski definition) is 5. The number of ether oxygens (including phenoxy) is 2. The van der Waals surface area contributed by atoms with Gasteiger partial charge in [-0.1, -0.05) is 13.0 Å². The van der Waals surface area contributed by atoms with Gasteiger partial charge in [0.2, 0.25) is 0 Å². The van der Waals surface area contributed by atoms with E-state index in [2.05, 4.69) is 12.2 Å². The molecule has 1 atom stereocenters. The van der Waals surface area contributed by atoms with Crippen LogP contribution in [-0.2, 0) is 11.3 Å². The van der Waals surface area contributed by atoms with E-state index in [1.54, 1.807) is 12.1 Å². The first-order valence-corrected chi connectivity index (χ1v) is 8.50. The molecule has 5 nitrogen and oxygen atoms in total. The Morgan fingerprint density at radius 3 is 2.62 bits per heavy atom. The monoisotopic (exact) mass is 337 g/mol. The predicted octanol–water partition coefficient (Wildman–Crippen LogP) is 2.94. The molecule has 0 heterocycles. The lowest BCUT2D eigenvalue weighted by Gasteiger charge is -2.23. The molecule has 0 fully saturated rings. The zero-order valence-corrected chi connectivity index (χ0v) is 15.5. The molecule has 5 heteroatoms. The van der Waals surface area contributed by atoms with Gasteiger partial charge in [0.25, 0.3) is 0 Å². The highest BCUT2D eigenvalue weighted by Gasteiger charge is 2.15. The van der Waals surface area contributed by atoms with Crippen molar-refractivity contribution in [3.05, 3.63) is 29.3 Å². The third-order valence-electron chi connectivity index (χ3n) is 3.34. The highest BCUT2D eigenvalue weighted by molar-refractivity contribution is 5.97. The first-order valence-electron chi connectivity index (χ1n) is 8.50. The van der Waals surface area contributed by atoms with Crippen molar-refractivity contribution in [2.75, 3.05) is 19.8 Å². The molecule has 0 aromatic heterocycles. The van der Waals surface area contributed by atoms with Gasteiger partial charge in [-0.25, -0.2) is 0 Å². The van der Waals surface area contributed by atoms with Crippen LogP contribution >= 0.6 is 0 Å². The molecule has 1 aromatic carbocycles. The summed E-state index contributed by atoms with van der Waals surface area (Å²) < 4.78 is 11.2. The fraction of sp³-hybridized carbons (Fsp3) is 0.632. The van der Waals surface area contributed by atoms with Crippen LogP contribution in [0.3, 0.4) is 0 Å². The Balaban J connectivity index is 2.65. The standard InChI is InChI=1S/C19H31NO4/c1-6-9-23-12-15-7-8-18(17(10-15)14(2)21)24-13-16(22)11-20-19(3,4)5/h7-8,10,16,20,22H,6,9,11-13H2,1-5H3. The summed E-state index contributed by atoms with van der Waals surface area (Å²) in [5.74, 6) is 0.432. The molecule has 1 rings (SSSR count). The van der Waals surface area contributed by atoms with E-state index in [9.17, 15) is 9.90 Å². The van der Waals surface area contributed by atoms with Gasteiger partial charge in [-0.3, -0.25) is 4.79 Å². The number of β-amino-alcohol motifs (C(OH)–C–C–N with tert-alkyl or cyclic N) is 1. The SMILES string of the molecule is CCCOCc1ccc(OCC(O)CNC(C)(C)C)c(C(C)=O)c1.